The van der Waals surface area contributed by atoms with Gasteiger partial charge in [0.05, 0.1) is 11.4 Å². The molecule has 4 N–H and O–H groups in total. The van der Waals surface area contributed by atoms with Crippen molar-refractivity contribution < 1.29 is 0 Å². The molecule has 0 aliphatic heterocycles. The molecule has 90 valence electrons. The third-order valence-electron chi connectivity index (χ3n) is 2.01. The Morgan fingerprint density at radius 2 is 1.05 bits per heavy atom. The van der Waals surface area contributed by atoms with Gasteiger partial charge in [-0.15, -0.1) is 12.8 Å². The molecule has 0 radical (unpaired) electrons. The summed E-state index contributed by atoms with van der Waals surface area (Å²) in [6, 6.07) is 3.25. The Morgan fingerprint density at radius 1 is 0.650 bits per heavy atom. The highest BCUT2D eigenvalue weighted by atomic mass is 14.7. The second kappa shape index (κ2) is 7.50. The van der Waals surface area contributed by atoms with Crippen molar-refractivity contribution in [3.05, 3.63) is 23.3 Å². The minimum Gasteiger partial charge on any atom is -0.397 e. The van der Waals surface area contributed by atoms with Gasteiger partial charge in [0.25, 0.3) is 0 Å². The minimum atomic E-state index is 0.416. The summed E-state index contributed by atoms with van der Waals surface area (Å²) in [4.78, 5) is 0. The first-order valence-corrected chi connectivity index (χ1v) is 5.31. The lowest BCUT2D eigenvalue weighted by Gasteiger charge is -2.02. The van der Waals surface area contributed by atoms with E-state index in [1.165, 1.54) is 0 Å². The molecule has 0 atom stereocenters. The molecule has 0 saturated heterocycles. The van der Waals surface area contributed by atoms with Crippen molar-refractivity contribution in [1.82, 2.24) is 0 Å². The summed E-state index contributed by atoms with van der Waals surface area (Å²) < 4.78 is 0. The van der Waals surface area contributed by atoms with Gasteiger partial charge >= 0.3 is 0 Å². The van der Waals surface area contributed by atoms with Crippen LogP contribution >= 0.6 is 0 Å². The molecule has 0 aliphatic carbocycles. The summed E-state index contributed by atoms with van der Waals surface area (Å²) in [7, 11) is 0. The second-order valence-corrected chi connectivity index (χ2v) is 3.32. The summed E-state index contributed by atoms with van der Waals surface area (Å²) in [6.07, 6.45) is 9.99. The minimum absolute atomic E-state index is 0.416. The summed E-state index contributed by atoms with van der Waals surface area (Å²) in [5.41, 5.74) is 13.5. The van der Waals surface area contributed by atoms with Crippen LogP contribution in [0.4, 0.5) is 11.4 Å². The summed E-state index contributed by atoms with van der Waals surface area (Å²) in [6.45, 7) is 0. The van der Waals surface area contributed by atoms with Gasteiger partial charge in [0.1, 0.15) is 0 Å². The zero-order valence-electron chi connectivity index (χ0n) is 10.5. The molecule has 0 spiro atoms. The molecule has 0 unspecified atom stereocenters. The van der Waals surface area contributed by atoms with Crippen molar-refractivity contribution in [2.75, 3.05) is 11.5 Å². The molecule has 0 amide bonds. The summed E-state index contributed by atoms with van der Waals surface area (Å²) in [5.74, 6) is 24.9. The molecule has 0 saturated carbocycles. The number of benzene rings is 1. The molecular weight excluding hydrogens is 244 g/mol. The van der Waals surface area contributed by atoms with Crippen molar-refractivity contribution in [1.29, 1.82) is 0 Å². The van der Waals surface area contributed by atoms with E-state index in [-0.39, 0.29) is 0 Å². The fraction of sp³-hybridized carbons (Fsp3) is 0. The Morgan fingerprint density at radius 3 is 1.40 bits per heavy atom. The van der Waals surface area contributed by atoms with E-state index in [0.29, 0.717) is 22.5 Å². The third kappa shape index (κ3) is 4.21. The molecular formula is C18H8N2. The summed E-state index contributed by atoms with van der Waals surface area (Å²) >= 11 is 0. The smallest absolute Gasteiger partial charge is 0.0561 e. The zero-order chi connectivity index (χ0) is 14.8. The van der Waals surface area contributed by atoms with Gasteiger partial charge in [0.15, 0.2) is 0 Å². The third-order valence-corrected chi connectivity index (χ3v) is 2.01. The van der Waals surface area contributed by atoms with Gasteiger partial charge in [-0.1, -0.05) is 11.8 Å². The SMILES string of the molecule is C#CC#CC#Cc1cc(N)c(N)cc1C#CC#CC#C. The van der Waals surface area contributed by atoms with Crippen molar-refractivity contribution >= 4 is 11.4 Å². The quantitative estimate of drug-likeness (QED) is 0.531. The largest absolute Gasteiger partial charge is 0.397 e. The topological polar surface area (TPSA) is 52.0 Å². The average Bonchev–Trinajstić information content (AvgIpc) is 2.44. The number of terminal acetylenes is 2. The van der Waals surface area contributed by atoms with Gasteiger partial charge < -0.3 is 11.5 Å². The lowest BCUT2D eigenvalue weighted by atomic mass is 10.1. The van der Waals surface area contributed by atoms with Gasteiger partial charge in [0, 0.05) is 11.1 Å². The van der Waals surface area contributed by atoms with Gasteiger partial charge in [-0.25, -0.2) is 0 Å². The Hall–Kier alpha value is -3.82. The second-order valence-electron chi connectivity index (χ2n) is 3.32. The van der Waals surface area contributed by atoms with Gasteiger partial charge in [-0.2, -0.15) is 0 Å². The monoisotopic (exact) mass is 252 g/mol. The number of nitrogens with two attached hydrogens (primary N) is 2. The van der Waals surface area contributed by atoms with E-state index in [9.17, 15) is 0 Å². The van der Waals surface area contributed by atoms with E-state index in [1.807, 2.05) is 0 Å². The first kappa shape index (κ1) is 14.2. The normalized spacial score (nSPS) is 6.70. The van der Waals surface area contributed by atoms with Crippen LogP contribution in [-0.2, 0) is 0 Å². The molecule has 1 aromatic carbocycles. The average molecular weight is 252 g/mol. The molecule has 0 heterocycles. The fourth-order valence-electron chi connectivity index (χ4n) is 1.17. The van der Waals surface area contributed by atoms with Crippen LogP contribution in [0.3, 0.4) is 0 Å². The van der Waals surface area contributed by atoms with Gasteiger partial charge in [-0.05, 0) is 59.5 Å². The van der Waals surface area contributed by atoms with E-state index in [4.69, 9.17) is 24.3 Å². The summed E-state index contributed by atoms with van der Waals surface area (Å²) in [5, 5.41) is 0. The zero-order valence-corrected chi connectivity index (χ0v) is 10.5. The highest BCUT2D eigenvalue weighted by Crippen LogP contribution is 2.19. The number of hydrogen-bond donors (Lipinski definition) is 2. The van der Waals surface area contributed by atoms with Crippen LogP contribution < -0.4 is 11.5 Å². The molecule has 2 heteroatoms. The fourth-order valence-corrected chi connectivity index (χ4v) is 1.17. The van der Waals surface area contributed by atoms with E-state index >= 15 is 0 Å². The van der Waals surface area contributed by atoms with Gasteiger partial charge in [-0.3, -0.25) is 0 Å². The van der Waals surface area contributed by atoms with E-state index in [0.717, 1.165) is 0 Å². The maximum atomic E-state index is 5.73. The van der Waals surface area contributed by atoms with Crippen LogP contribution in [0.2, 0.25) is 0 Å². The van der Waals surface area contributed by atoms with Crippen LogP contribution in [0.25, 0.3) is 0 Å². The molecule has 0 aromatic heterocycles. The highest BCUT2D eigenvalue weighted by Gasteiger charge is 2.02. The number of rotatable bonds is 0. The van der Waals surface area contributed by atoms with E-state index in [2.05, 4.69) is 59.2 Å². The van der Waals surface area contributed by atoms with Crippen LogP contribution in [0.15, 0.2) is 12.1 Å². The van der Waals surface area contributed by atoms with Crippen LogP contribution in [0, 0.1) is 72.1 Å². The first-order valence-electron chi connectivity index (χ1n) is 5.31. The molecule has 1 rings (SSSR count). The molecule has 0 bridgehead atoms. The van der Waals surface area contributed by atoms with E-state index < -0.39 is 0 Å². The standard InChI is InChI=1S/C18H8N2/c1-3-5-7-9-11-15-13-17(19)18(20)14-16(15)12-10-8-6-4-2/h1-2,13-14H,19-20H2. The highest BCUT2D eigenvalue weighted by molar-refractivity contribution is 5.71. The molecule has 2 nitrogen and oxygen atoms in total. The molecule has 1 aromatic rings. The maximum absolute atomic E-state index is 5.73. The van der Waals surface area contributed by atoms with Crippen molar-refractivity contribution in [3.63, 3.8) is 0 Å². The van der Waals surface area contributed by atoms with Crippen molar-refractivity contribution in [2.24, 2.45) is 0 Å². The number of hydrogen-bond acceptors (Lipinski definition) is 2. The van der Waals surface area contributed by atoms with Crippen LogP contribution in [0.5, 0.6) is 0 Å². The lowest BCUT2D eigenvalue weighted by Crippen LogP contribution is -1.97. The predicted octanol–water partition coefficient (Wildman–Crippen LogP) is 0.827. The first-order chi connectivity index (χ1) is 9.69. The Kier molecular flexibility index (Phi) is 5.34. The van der Waals surface area contributed by atoms with E-state index in [1.54, 1.807) is 12.1 Å². The Bertz CT molecular complexity index is 785. The molecule has 0 fully saturated rings. The van der Waals surface area contributed by atoms with Crippen molar-refractivity contribution in [2.45, 2.75) is 0 Å². The maximum Gasteiger partial charge on any atom is 0.0561 e. The lowest BCUT2D eigenvalue weighted by molar-refractivity contribution is 1.57. The van der Waals surface area contributed by atoms with Crippen LogP contribution in [-0.4, -0.2) is 0 Å². The van der Waals surface area contributed by atoms with Gasteiger partial charge in [0.2, 0.25) is 0 Å². The predicted molar refractivity (Wildman–Crippen MR) is 82.2 cm³/mol. The molecule has 0 aliphatic rings. The number of nitrogen functional groups attached to an aromatic ring is 2. The Balaban J connectivity index is 3.30. The number of anilines is 2. The van der Waals surface area contributed by atoms with Crippen LogP contribution in [0.1, 0.15) is 11.1 Å². The Labute approximate surface area is 118 Å². The van der Waals surface area contributed by atoms with Crippen molar-refractivity contribution in [3.8, 4) is 72.1 Å². The molecule has 20 heavy (non-hydrogen) atoms.